The Bertz CT molecular complexity index is 345. The van der Waals surface area contributed by atoms with Gasteiger partial charge in [-0.15, -0.1) is 0 Å². The average Bonchev–Trinajstić information content (AvgIpc) is 3.06. The van der Waals surface area contributed by atoms with E-state index >= 15 is 0 Å². The SMILES string of the molecule is O=C(CCC(=O)NC1CCCC1)NCC1(O)CCCC1. The number of nitrogens with one attached hydrogen (secondary N) is 2. The summed E-state index contributed by atoms with van der Waals surface area (Å²) in [6.45, 7) is 0.316. The summed E-state index contributed by atoms with van der Waals surface area (Å²) in [5, 5.41) is 15.8. The monoisotopic (exact) mass is 282 g/mol. The molecule has 0 unspecified atom stereocenters. The van der Waals surface area contributed by atoms with Crippen LogP contribution in [0.2, 0.25) is 0 Å². The van der Waals surface area contributed by atoms with Crippen molar-refractivity contribution in [2.75, 3.05) is 6.54 Å². The van der Waals surface area contributed by atoms with Crippen LogP contribution in [0.25, 0.3) is 0 Å². The van der Waals surface area contributed by atoms with Crippen molar-refractivity contribution in [1.82, 2.24) is 10.6 Å². The molecular weight excluding hydrogens is 256 g/mol. The van der Waals surface area contributed by atoms with E-state index in [9.17, 15) is 14.7 Å². The minimum atomic E-state index is -0.720. The molecule has 5 nitrogen and oxygen atoms in total. The molecule has 5 heteroatoms. The van der Waals surface area contributed by atoms with E-state index in [0.29, 0.717) is 12.6 Å². The van der Waals surface area contributed by atoms with E-state index in [0.717, 1.165) is 38.5 Å². The third-order valence-electron chi connectivity index (χ3n) is 4.45. The fourth-order valence-corrected chi connectivity index (χ4v) is 3.16. The predicted octanol–water partition coefficient (Wildman–Crippen LogP) is 1.25. The van der Waals surface area contributed by atoms with Crippen LogP contribution in [0, 0.1) is 0 Å². The maximum atomic E-state index is 11.7. The molecule has 0 aliphatic heterocycles. The minimum Gasteiger partial charge on any atom is -0.388 e. The van der Waals surface area contributed by atoms with E-state index in [-0.39, 0.29) is 24.7 Å². The molecule has 0 aromatic carbocycles. The summed E-state index contributed by atoms with van der Waals surface area (Å²) >= 11 is 0. The molecular formula is C15H26N2O3. The van der Waals surface area contributed by atoms with Gasteiger partial charge in [0.2, 0.25) is 11.8 Å². The van der Waals surface area contributed by atoms with Gasteiger partial charge < -0.3 is 15.7 Å². The Morgan fingerprint density at radius 3 is 2.25 bits per heavy atom. The van der Waals surface area contributed by atoms with Crippen molar-refractivity contribution in [3.63, 3.8) is 0 Å². The van der Waals surface area contributed by atoms with Crippen molar-refractivity contribution >= 4 is 11.8 Å². The van der Waals surface area contributed by atoms with Gasteiger partial charge in [0.05, 0.1) is 5.60 Å². The van der Waals surface area contributed by atoms with Gasteiger partial charge in [-0.3, -0.25) is 9.59 Å². The Labute approximate surface area is 120 Å². The molecule has 0 heterocycles. The van der Waals surface area contributed by atoms with Crippen LogP contribution in [0.5, 0.6) is 0 Å². The first-order valence-electron chi connectivity index (χ1n) is 7.86. The minimum absolute atomic E-state index is 0.0355. The van der Waals surface area contributed by atoms with Crippen molar-refractivity contribution in [3.05, 3.63) is 0 Å². The van der Waals surface area contributed by atoms with Gasteiger partial charge in [-0.25, -0.2) is 0 Å². The van der Waals surface area contributed by atoms with Gasteiger partial charge in [0.1, 0.15) is 0 Å². The van der Waals surface area contributed by atoms with Crippen LogP contribution in [0.1, 0.15) is 64.2 Å². The number of aliphatic hydroxyl groups is 1. The molecule has 0 spiro atoms. The second-order valence-corrected chi connectivity index (χ2v) is 6.26. The molecule has 3 N–H and O–H groups in total. The zero-order valence-corrected chi connectivity index (χ0v) is 12.1. The molecule has 0 aromatic heterocycles. The number of amides is 2. The van der Waals surface area contributed by atoms with E-state index in [4.69, 9.17) is 0 Å². The van der Waals surface area contributed by atoms with Gasteiger partial charge in [-0.1, -0.05) is 25.7 Å². The second kappa shape index (κ2) is 7.07. The molecule has 0 bridgehead atoms. The molecule has 2 aliphatic carbocycles. The zero-order chi connectivity index (χ0) is 14.4. The van der Waals surface area contributed by atoms with Crippen LogP contribution in [0.4, 0.5) is 0 Å². The van der Waals surface area contributed by atoms with E-state index < -0.39 is 5.60 Å². The Kier molecular flexibility index (Phi) is 5.40. The molecule has 0 radical (unpaired) electrons. The summed E-state index contributed by atoms with van der Waals surface area (Å²) < 4.78 is 0. The molecule has 0 aromatic rings. The molecule has 2 amide bonds. The van der Waals surface area contributed by atoms with E-state index in [2.05, 4.69) is 10.6 Å². The lowest BCUT2D eigenvalue weighted by molar-refractivity contribution is -0.127. The lowest BCUT2D eigenvalue weighted by Crippen LogP contribution is -2.41. The predicted molar refractivity (Wildman–Crippen MR) is 76.1 cm³/mol. The van der Waals surface area contributed by atoms with E-state index in [1.165, 1.54) is 12.8 Å². The van der Waals surface area contributed by atoms with Crippen LogP contribution in [-0.2, 0) is 9.59 Å². The maximum absolute atomic E-state index is 11.7. The van der Waals surface area contributed by atoms with E-state index in [1.54, 1.807) is 0 Å². The number of carbonyl (C=O) groups is 2. The Balaban J connectivity index is 1.58. The van der Waals surface area contributed by atoms with Crippen molar-refractivity contribution in [2.45, 2.75) is 75.9 Å². The highest BCUT2D eigenvalue weighted by Crippen LogP contribution is 2.28. The van der Waals surface area contributed by atoms with Crippen LogP contribution in [0.3, 0.4) is 0 Å². The lowest BCUT2D eigenvalue weighted by Gasteiger charge is -2.22. The average molecular weight is 282 g/mol. The standard InChI is InChI=1S/C15H26N2O3/c18-13(16-11-15(20)9-3-4-10-15)7-8-14(19)17-12-5-1-2-6-12/h12,20H,1-11H2,(H,16,18)(H,17,19). The first-order valence-corrected chi connectivity index (χ1v) is 7.86. The quantitative estimate of drug-likeness (QED) is 0.686. The molecule has 0 saturated heterocycles. The second-order valence-electron chi connectivity index (χ2n) is 6.26. The fraction of sp³-hybridized carbons (Fsp3) is 0.867. The maximum Gasteiger partial charge on any atom is 0.220 e. The first kappa shape index (κ1) is 15.3. The molecule has 2 rings (SSSR count). The molecule has 114 valence electrons. The van der Waals surface area contributed by atoms with Crippen LogP contribution in [0.15, 0.2) is 0 Å². The van der Waals surface area contributed by atoms with Gasteiger partial charge >= 0.3 is 0 Å². The summed E-state index contributed by atoms with van der Waals surface area (Å²) in [5.74, 6) is -0.182. The van der Waals surface area contributed by atoms with Gasteiger partial charge in [0.25, 0.3) is 0 Å². The largest absolute Gasteiger partial charge is 0.388 e. The van der Waals surface area contributed by atoms with Crippen molar-refractivity contribution in [3.8, 4) is 0 Å². The first-order chi connectivity index (χ1) is 9.57. The normalized spacial score (nSPS) is 21.9. The smallest absolute Gasteiger partial charge is 0.220 e. The van der Waals surface area contributed by atoms with Crippen molar-refractivity contribution in [1.29, 1.82) is 0 Å². The molecule has 2 fully saturated rings. The third-order valence-corrected chi connectivity index (χ3v) is 4.45. The number of hydrogen-bond acceptors (Lipinski definition) is 3. The van der Waals surface area contributed by atoms with Gasteiger partial charge in [0, 0.05) is 25.4 Å². The van der Waals surface area contributed by atoms with Crippen molar-refractivity contribution < 1.29 is 14.7 Å². The van der Waals surface area contributed by atoms with E-state index in [1.807, 2.05) is 0 Å². The Morgan fingerprint density at radius 1 is 1.00 bits per heavy atom. The molecule has 2 aliphatic rings. The van der Waals surface area contributed by atoms with Crippen LogP contribution < -0.4 is 10.6 Å². The zero-order valence-electron chi connectivity index (χ0n) is 12.1. The summed E-state index contributed by atoms with van der Waals surface area (Å²) in [5.41, 5.74) is -0.720. The lowest BCUT2D eigenvalue weighted by atomic mass is 10.0. The summed E-state index contributed by atoms with van der Waals surface area (Å²) in [6, 6.07) is 0.310. The fourth-order valence-electron chi connectivity index (χ4n) is 3.16. The highest BCUT2D eigenvalue weighted by molar-refractivity contribution is 5.83. The molecule has 2 saturated carbocycles. The van der Waals surface area contributed by atoms with Gasteiger partial charge in [-0.2, -0.15) is 0 Å². The number of rotatable bonds is 6. The highest BCUT2D eigenvalue weighted by atomic mass is 16.3. The third kappa shape index (κ3) is 4.78. The molecule has 20 heavy (non-hydrogen) atoms. The number of hydrogen-bond donors (Lipinski definition) is 3. The highest BCUT2D eigenvalue weighted by Gasteiger charge is 2.31. The van der Waals surface area contributed by atoms with Crippen molar-refractivity contribution in [2.24, 2.45) is 0 Å². The molecule has 0 atom stereocenters. The van der Waals surface area contributed by atoms with Crippen LogP contribution in [-0.4, -0.2) is 35.1 Å². The Morgan fingerprint density at radius 2 is 1.60 bits per heavy atom. The van der Waals surface area contributed by atoms with Gasteiger partial charge in [0.15, 0.2) is 0 Å². The van der Waals surface area contributed by atoms with Gasteiger partial charge in [-0.05, 0) is 25.7 Å². The summed E-state index contributed by atoms with van der Waals surface area (Å²) in [7, 11) is 0. The summed E-state index contributed by atoms with van der Waals surface area (Å²) in [6.07, 6.45) is 8.50. The topological polar surface area (TPSA) is 78.4 Å². The number of carbonyl (C=O) groups excluding carboxylic acids is 2. The Hall–Kier alpha value is -1.10. The van der Waals surface area contributed by atoms with Crippen LogP contribution >= 0.6 is 0 Å². The summed E-state index contributed by atoms with van der Waals surface area (Å²) in [4.78, 5) is 23.4.